The first kappa shape index (κ1) is 13.2. The van der Waals surface area contributed by atoms with Crippen molar-refractivity contribution in [2.75, 3.05) is 0 Å². The van der Waals surface area contributed by atoms with Gasteiger partial charge in [-0.3, -0.25) is 4.68 Å². The molecule has 3 rings (SSSR count). The SMILES string of the molecule is CCc1nn(Cc2ccc(OC3CCC3)cc2)cc1C. The van der Waals surface area contributed by atoms with E-state index in [-0.39, 0.29) is 0 Å². The minimum absolute atomic E-state index is 0.446. The molecule has 0 N–H and O–H groups in total. The van der Waals surface area contributed by atoms with Crippen LogP contribution in [0, 0.1) is 6.92 Å². The molecule has 1 aliphatic carbocycles. The van der Waals surface area contributed by atoms with Crippen LogP contribution in [0.2, 0.25) is 0 Å². The van der Waals surface area contributed by atoms with Crippen molar-refractivity contribution in [2.45, 2.75) is 52.2 Å². The minimum atomic E-state index is 0.446. The lowest BCUT2D eigenvalue weighted by molar-refractivity contribution is 0.120. The van der Waals surface area contributed by atoms with Crippen molar-refractivity contribution in [3.05, 3.63) is 47.3 Å². The Morgan fingerprint density at radius 1 is 1.25 bits per heavy atom. The molecule has 1 aromatic heterocycles. The Labute approximate surface area is 120 Å². The van der Waals surface area contributed by atoms with E-state index in [2.05, 4.69) is 49.4 Å². The number of ether oxygens (including phenoxy) is 1. The van der Waals surface area contributed by atoms with Crippen LogP contribution >= 0.6 is 0 Å². The fraction of sp³-hybridized carbons (Fsp3) is 0.471. The molecule has 0 radical (unpaired) electrons. The largest absolute Gasteiger partial charge is 0.490 e. The van der Waals surface area contributed by atoms with E-state index < -0.39 is 0 Å². The van der Waals surface area contributed by atoms with Gasteiger partial charge in [-0.15, -0.1) is 0 Å². The molecule has 1 fully saturated rings. The zero-order valence-electron chi connectivity index (χ0n) is 12.3. The molecule has 0 saturated heterocycles. The fourth-order valence-corrected chi connectivity index (χ4v) is 2.53. The number of nitrogens with zero attached hydrogens (tertiary/aromatic N) is 2. The smallest absolute Gasteiger partial charge is 0.119 e. The topological polar surface area (TPSA) is 27.1 Å². The third-order valence-corrected chi connectivity index (χ3v) is 4.00. The number of aryl methyl sites for hydroxylation is 2. The van der Waals surface area contributed by atoms with E-state index in [4.69, 9.17) is 4.74 Å². The molecule has 2 aromatic rings. The molecule has 3 nitrogen and oxygen atoms in total. The van der Waals surface area contributed by atoms with E-state index >= 15 is 0 Å². The van der Waals surface area contributed by atoms with Gasteiger partial charge in [0.05, 0.1) is 18.3 Å². The summed E-state index contributed by atoms with van der Waals surface area (Å²) in [4.78, 5) is 0. The lowest BCUT2D eigenvalue weighted by atomic mass is 9.96. The van der Waals surface area contributed by atoms with E-state index in [9.17, 15) is 0 Å². The lowest BCUT2D eigenvalue weighted by Gasteiger charge is -2.26. The first-order chi connectivity index (χ1) is 9.74. The summed E-state index contributed by atoms with van der Waals surface area (Å²) in [5.74, 6) is 0.990. The van der Waals surface area contributed by atoms with Crippen molar-refractivity contribution in [3.8, 4) is 5.75 Å². The monoisotopic (exact) mass is 270 g/mol. The van der Waals surface area contributed by atoms with Crippen molar-refractivity contribution >= 4 is 0 Å². The number of benzene rings is 1. The first-order valence-corrected chi connectivity index (χ1v) is 7.53. The number of hydrogen-bond acceptors (Lipinski definition) is 2. The molecule has 1 aromatic carbocycles. The van der Waals surface area contributed by atoms with Crippen molar-refractivity contribution in [1.82, 2.24) is 9.78 Å². The number of rotatable bonds is 5. The average molecular weight is 270 g/mol. The quantitative estimate of drug-likeness (QED) is 0.827. The second-order valence-corrected chi connectivity index (χ2v) is 5.62. The number of aromatic nitrogens is 2. The van der Waals surface area contributed by atoms with Crippen molar-refractivity contribution < 1.29 is 4.74 Å². The van der Waals surface area contributed by atoms with E-state index in [0.29, 0.717) is 6.10 Å². The summed E-state index contributed by atoms with van der Waals surface area (Å²) in [6.07, 6.45) is 7.27. The Kier molecular flexibility index (Phi) is 3.77. The van der Waals surface area contributed by atoms with E-state index in [1.807, 2.05) is 4.68 Å². The van der Waals surface area contributed by atoms with Gasteiger partial charge in [0.2, 0.25) is 0 Å². The molecule has 0 atom stereocenters. The molecule has 20 heavy (non-hydrogen) atoms. The van der Waals surface area contributed by atoms with Crippen LogP contribution < -0.4 is 4.74 Å². The standard InChI is InChI=1S/C17H22N2O/c1-3-17-13(2)11-19(18-17)12-14-7-9-16(10-8-14)20-15-5-4-6-15/h7-11,15H,3-6,12H2,1-2H3. The van der Waals surface area contributed by atoms with Crippen LogP contribution in [0.4, 0.5) is 0 Å². The maximum Gasteiger partial charge on any atom is 0.119 e. The van der Waals surface area contributed by atoms with Crippen molar-refractivity contribution in [2.24, 2.45) is 0 Å². The summed E-state index contributed by atoms with van der Waals surface area (Å²) in [5.41, 5.74) is 3.73. The zero-order valence-corrected chi connectivity index (χ0v) is 12.3. The maximum atomic E-state index is 5.87. The molecule has 1 aliphatic rings. The van der Waals surface area contributed by atoms with Gasteiger partial charge in [-0.1, -0.05) is 19.1 Å². The molecular weight excluding hydrogens is 248 g/mol. The van der Waals surface area contributed by atoms with Crippen LogP contribution in [0.5, 0.6) is 5.75 Å². The predicted octanol–water partition coefficient (Wildman–Crippen LogP) is 3.73. The average Bonchev–Trinajstić information content (AvgIpc) is 2.76. The molecular formula is C17H22N2O. The van der Waals surface area contributed by atoms with Crippen molar-refractivity contribution in [1.29, 1.82) is 0 Å². The van der Waals surface area contributed by atoms with Gasteiger partial charge in [0.25, 0.3) is 0 Å². The van der Waals surface area contributed by atoms with Crippen LogP contribution in [-0.4, -0.2) is 15.9 Å². The van der Waals surface area contributed by atoms with Crippen LogP contribution in [0.15, 0.2) is 30.5 Å². The molecule has 0 bridgehead atoms. The van der Waals surface area contributed by atoms with Crippen LogP contribution in [0.3, 0.4) is 0 Å². The second-order valence-electron chi connectivity index (χ2n) is 5.62. The fourth-order valence-electron chi connectivity index (χ4n) is 2.53. The van der Waals surface area contributed by atoms with Gasteiger partial charge in [-0.2, -0.15) is 5.10 Å². The maximum absolute atomic E-state index is 5.87. The van der Waals surface area contributed by atoms with Gasteiger partial charge in [-0.25, -0.2) is 0 Å². The molecule has 3 heteroatoms. The highest BCUT2D eigenvalue weighted by molar-refractivity contribution is 5.28. The summed E-state index contributed by atoms with van der Waals surface area (Å²) >= 11 is 0. The normalized spacial score (nSPS) is 15.1. The zero-order chi connectivity index (χ0) is 13.9. The third-order valence-electron chi connectivity index (χ3n) is 4.00. The van der Waals surface area contributed by atoms with Gasteiger partial charge in [-0.05, 0) is 55.9 Å². The molecule has 106 valence electrons. The van der Waals surface area contributed by atoms with Crippen LogP contribution in [0.25, 0.3) is 0 Å². The minimum Gasteiger partial charge on any atom is -0.490 e. The third kappa shape index (κ3) is 2.87. The van der Waals surface area contributed by atoms with Gasteiger partial charge >= 0.3 is 0 Å². The van der Waals surface area contributed by atoms with Gasteiger partial charge in [0, 0.05) is 6.20 Å². The highest BCUT2D eigenvalue weighted by Gasteiger charge is 2.18. The van der Waals surface area contributed by atoms with E-state index in [1.54, 1.807) is 0 Å². The van der Waals surface area contributed by atoms with E-state index in [1.165, 1.54) is 36.1 Å². The van der Waals surface area contributed by atoms with E-state index in [0.717, 1.165) is 18.7 Å². The Hall–Kier alpha value is -1.77. The summed E-state index contributed by atoms with van der Waals surface area (Å²) in [6.45, 7) is 5.09. The molecule has 0 aliphatic heterocycles. The predicted molar refractivity (Wildman–Crippen MR) is 80.2 cm³/mol. The Morgan fingerprint density at radius 3 is 2.55 bits per heavy atom. The van der Waals surface area contributed by atoms with Gasteiger partial charge in [0.15, 0.2) is 0 Å². The van der Waals surface area contributed by atoms with Crippen LogP contribution in [-0.2, 0) is 13.0 Å². The second kappa shape index (κ2) is 5.70. The number of hydrogen-bond donors (Lipinski definition) is 0. The highest BCUT2D eigenvalue weighted by Crippen LogP contribution is 2.25. The Balaban J connectivity index is 1.64. The summed E-state index contributed by atoms with van der Waals surface area (Å²) in [5, 5.41) is 4.60. The molecule has 0 unspecified atom stereocenters. The Morgan fingerprint density at radius 2 is 2.00 bits per heavy atom. The summed E-state index contributed by atoms with van der Waals surface area (Å²) in [7, 11) is 0. The Bertz CT molecular complexity index is 567. The summed E-state index contributed by atoms with van der Waals surface area (Å²) < 4.78 is 7.90. The van der Waals surface area contributed by atoms with Gasteiger partial charge in [0.1, 0.15) is 5.75 Å². The van der Waals surface area contributed by atoms with Crippen LogP contribution in [0.1, 0.15) is 43.0 Å². The lowest BCUT2D eigenvalue weighted by Crippen LogP contribution is -2.24. The molecule has 0 amide bonds. The molecule has 1 heterocycles. The van der Waals surface area contributed by atoms with Crippen molar-refractivity contribution in [3.63, 3.8) is 0 Å². The highest BCUT2D eigenvalue weighted by atomic mass is 16.5. The molecule has 1 saturated carbocycles. The molecule has 0 spiro atoms. The first-order valence-electron chi connectivity index (χ1n) is 7.53. The summed E-state index contributed by atoms with van der Waals surface area (Å²) in [6, 6.07) is 8.42. The van der Waals surface area contributed by atoms with Gasteiger partial charge < -0.3 is 4.74 Å².